The van der Waals surface area contributed by atoms with Crippen molar-refractivity contribution < 1.29 is 13.9 Å². The van der Waals surface area contributed by atoms with Crippen LogP contribution >= 0.6 is 0 Å². The number of rotatable bonds is 9. The van der Waals surface area contributed by atoms with Crippen LogP contribution in [0.2, 0.25) is 0 Å². The minimum Gasteiger partial charge on any atom is -0.497 e. The second kappa shape index (κ2) is 9.40. The van der Waals surface area contributed by atoms with E-state index in [0.717, 1.165) is 49.2 Å². The van der Waals surface area contributed by atoms with Crippen LogP contribution in [0.3, 0.4) is 0 Å². The van der Waals surface area contributed by atoms with Crippen molar-refractivity contribution in [3.63, 3.8) is 0 Å². The summed E-state index contributed by atoms with van der Waals surface area (Å²) < 4.78 is 19.2. The first-order chi connectivity index (χ1) is 14.0. The molecule has 0 bridgehead atoms. The number of methoxy groups -OCH3 is 1. The number of hydrogen-bond acceptors (Lipinski definition) is 3. The Morgan fingerprint density at radius 1 is 1.17 bits per heavy atom. The highest BCUT2D eigenvalue weighted by Gasteiger charge is 2.45. The van der Waals surface area contributed by atoms with Gasteiger partial charge in [-0.25, -0.2) is 4.39 Å². The molecule has 29 heavy (non-hydrogen) atoms. The molecular formula is C24H31FN2O2. The Kier molecular flexibility index (Phi) is 6.91. The second-order valence-electron chi connectivity index (χ2n) is 7.67. The van der Waals surface area contributed by atoms with Crippen LogP contribution in [0.5, 0.6) is 5.75 Å². The van der Waals surface area contributed by atoms with E-state index in [2.05, 4.69) is 30.1 Å². The van der Waals surface area contributed by atoms with Gasteiger partial charge >= 0.3 is 0 Å². The largest absolute Gasteiger partial charge is 0.497 e. The molecular weight excluding hydrogens is 367 g/mol. The lowest BCUT2D eigenvalue weighted by atomic mass is 9.63. The molecule has 2 aromatic rings. The molecule has 1 fully saturated rings. The van der Waals surface area contributed by atoms with E-state index in [-0.39, 0.29) is 17.8 Å². The lowest BCUT2D eigenvalue weighted by Gasteiger charge is -2.41. The summed E-state index contributed by atoms with van der Waals surface area (Å²) in [6.07, 6.45) is 2.51. The SMILES string of the molecule is CCN(CC)C(CNC(=O)C1(c2cccc(F)c2)CCC1)c1cccc(OC)c1. The van der Waals surface area contributed by atoms with Crippen molar-refractivity contribution >= 4 is 5.91 Å². The van der Waals surface area contributed by atoms with Gasteiger partial charge in [-0.15, -0.1) is 0 Å². The van der Waals surface area contributed by atoms with E-state index in [9.17, 15) is 9.18 Å². The molecule has 1 aliphatic rings. The quantitative estimate of drug-likeness (QED) is 0.678. The molecule has 0 spiro atoms. The molecule has 156 valence electrons. The fourth-order valence-corrected chi connectivity index (χ4v) is 4.29. The normalized spacial score (nSPS) is 16.2. The predicted octanol–water partition coefficient (Wildman–Crippen LogP) is 4.46. The number of carbonyl (C=O) groups is 1. The molecule has 3 rings (SSSR count). The zero-order chi connectivity index (χ0) is 20.9. The number of ether oxygens (including phenoxy) is 1. The molecule has 2 aromatic carbocycles. The first-order valence-electron chi connectivity index (χ1n) is 10.5. The summed E-state index contributed by atoms with van der Waals surface area (Å²) in [6.45, 7) is 6.51. The maximum absolute atomic E-state index is 13.8. The summed E-state index contributed by atoms with van der Waals surface area (Å²) in [7, 11) is 1.66. The monoisotopic (exact) mass is 398 g/mol. The zero-order valence-corrected chi connectivity index (χ0v) is 17.6. The molecule has 1 saturated carbocycles. The van der Waals surface area contributed by atoms with Gasteiger partial charge in [-0.05, 0) is 61.3 Å². The fraction of sp³-hybridized carbons (Fsp3) is 0.458. The van der Waals surface area contributed by atoms with Crippen molar-refractivity contribution in [1.29, 1.82) is 0 Å². The molecule has 5 heteroatoms. The van der Waals surface area contributed by atoms with Crippen molar-refractivity contribution in [1.82, 2.24) is 10.2 Å². The van der Waals surface area contributed by atoms with Gasteiger partial charge in [0, 0.05) is 6.54 Å². The standard InChI is InChI=1S/C24H31FN2O2/c1-4-27(5-2)22(18-9-6-12-21(15-18)29-3)17-26-23(28)24(13-8-14-24)19-10-7-11-20(25)16-19/h6-7,9-12,15-16,22H,4-5,8,13-14,17H2,1-3H3,(H,26,28). The van der Waals surface area contributed by atoms with E-state index >= 15 is 0 Å². The van der Waals surface area contributed by atoms with Crippen molar-refractivity contribution in [3.05, 3.63) is 65.5 Å². The van der Waals surface area contributed by atoms with Gasteiger partial charge in [-0.3, -0.25) is 9.69 Å². The van der Waals surface area contributed by atoms with Gasteiger partial charge in [0.1, 0.15) is 11.6 Å². The van der Waals surface area contributed by atoms with Crippen LogP contribution in [-0.2, 0) is 10.2 Å². The Morgan fingerprint density at radius 3 is 2.48 bits per heavy atom. The lowest BCUT2D eigenvalue weighted by Crippen LogP contribution is -2.51. The predicted molar refractivity (Wildman–Crippen MR) is 114 cm³/mol. The average Bonchev–Trinajstić information content (AvgIpc) is 2.70. The van der Waals surface area contributed by atoms with Crippen molar-refractivity contribution in [2.45, 2.75) is 44.6 Å². The topological polar surface area (TPSA) is 41.6 Å². The van der Waals surface area contributed by atoms with Gasteiger partial charge < -0.3 is 10.1 Å². The van der Waals surface area contributed by atoms with Crippen LogP contribution in [0.4, 0.5) is 4.39 Å². The van der Waals surface area contributed by atoms with Crippen LogP contribution in [0.1, 0.15) is 50.3 Å². The van der Waals surface area contributed by atoms with Gasteiger partial charge in [-0.2, -0.15) is 0 Å². The van der Waals surface area contributed by atoms with E-state index < -0.39 is 5.41 Å². The van der Waals surface area contributed by atoms with Gasteiger partial charge in [-0.1, -0.05) is 44.5 Å². The number of carbonyl (C=O) groups excluding carboxylic acids is 1. The molecule has 0 heterocycles. The highest BCUT2D eigenvalue weighted by molar-refractivity contribution is 5.89. The minimum absolute atomic E-state index is 0.00518. The van der Waals surface area contributed by atoms with E-state index in [1.165, 1.54) is 12.1 Å². The molecule has 1 N–H and O–H groups in total. The molecule has 0 saturated heterocycles. The Hall–Kier alpha value is -2.40. The van der Waals surface area contributed by atoms with Gasteiger partial charge in [0.15, 0.2) is 0 Å². The first-order valence-corrected chi connectivity index (χ1v) is 10.5. The summed E-state index contributed by atoms with van der Waals surface area (Å²) in [5.41, 5.74) is 1.29. The minimum atomic E-state index is -0.607. The molecule has 1 unspecified atom stereocenters. The van der Waals surface area contributed by atoms with Crippen LogP contribution in [0.25, 0.3) is 0 Å². The third-order valence-electron chi connectivity index (χ3n) is 6.21. The summed E-state index contributed by atoms with van der Waals surface area (Å²) in [4.78, 5) is 15.6. The number of likely N-dealkylation sites (N-methyl/N-ethyl adjacent to an activating group) is 1. The highest BCUT2D eigenvalue weighted by Crippen LogP contribution is 2.44. The Bertz CT molecular complexity index is 831. The summed E-state index contributed by atoms with van der Waals surface area (Å²) in [5.74, 6) is 0.509. The van der Waals surface area contributed by atoms with Gasteiger partial charge in [0.2, 0.25) is 5.91 Å². The van der Waals surface area contributed by atoms with Gasteiger partial charge in [0.05, 0.1) is 18.6 Å². The molecule has 1 atom stereocenters. The molecule has 4 nitrogen and oxygen atoms in total. The molecule has 1 amide bonds. The average molecular weight is 399 g/mol. The highest BCUT2D eigenvalue weighted by atomic mass is 19.1. The molecule has 0 radical (unpaired) electrons. The van der Waals surface area contributed by atoms with Crippen LogP contribution < -0.4 is 10.1 Å². The van der Waals surface area contributed by atoms with E-state index in [0.29, 0.717) is 6.54 Å². The Morgan fingerprint density at radius 2 is 1.90 bits per heavy atom. The van der Waals surface area contributed by atoms with Crippen LogP contribution in [0.15, 0.2) is 48.5 Å². The van der Waals surface area contributed by atoms with Crippen molar-refractivity contribution in [2.24, 2.45) is 0 Å². The maximum atomic E-state index is 13.8. The number of benzene rings is 2. The Labute approximate surface area is 173 Å². The number of halogens is 1. The Balaban J connectivity index is 1.80. The molecule has 0 aliphatic heterocycles. The van der Waals surface area contributed by atoms with Crippen molar-refractivity contribution in [2.75, 3.05) is 26.7 Å². The molecule has 1 aliphatic carbocycles. The smallest absolute Gasteiger partial charge is 0.230 e. The lowest BCUT2D eigenvalue weighted by molar-refractivity contribution is -0.130. The third-order valence-corrected chi connectivity index (χ3v) is 6.21. The maximum Gasteiger partial charge on any atom is 0.230 e. The number of nitrogens with one attached hydrogen (secondary N) is 1. The number of amides is 1. The van der Waals surface area contributed by atoms with E-state index in [1.807, 2.05) is 24.3 Å². The van der Waals surface area contributed by atoms with E-state index in [1.54, 1.807) is 13.2 Å². The third kappa shape index (κ3) is 4.45. The van der Waals surface area contributed by atoms with Crippen LogP contribution in [-0.4, -0.2) is 37.6 Å². The van der Waals surface area contributed by atoms with Crippen LogP contribution in [0, 0.1) is 5.82 Å². The number of hydrogen-bond donors (Lipinski definition) is 1. The molecule has 0 aromatic heterocycles. The zero-order valence-electron chi connectivity index (χ0n) is 17.6. The number of nitrogens with zero attached hydrogens (tertiary/aromatic N) is 1. The summed E-state index contributed by atoms with van der Waals surface area (Å²) in [5, 5.41) is 3.18. The second-order valence-corrected chi connectivity index (χ2v) is 7.67. The summed E-state index contributed by atoms with van der Waals surface area (Å²) >= 11 is 0. The first kappa shape index (κ1) is 21.3. The van der Waals surface area contributed by atoms with E-state index in [4.69, 9.17) is 4.74 Å². The van der Waals surface area contributed by atoms with Crippen molar-refractivity contribution in [3.8, 4) is 5.75 Å². The van der Waals surface area contributed by atoms with Gasteiger partial charge in [0.25, 0.3) is 0 Å². The summed E-state index contributed by atoms with van der Waals surface area (Å²) in [6, 6.07) is 14.5. The fourth-order valence-electron chi connectivity index (χ4n) is 4.29.